The van der Waals surface area contributed by atoms with Gasteiger partial charge in [-0.2, -0.15) is 4.31 Å². The largest absolute Gasteiger partial charge is 0.508 e. The van der Waals surface area contributed by atoms with Gasteiger partial charge in [0.05, 0.1) is 0 Å². The van der Waals surface area contributed by atoms with Gasteiger partial charge in [0.2, 0.25) is 0 Å². The highest BCUT2D eigenvalue weighted by Gasteiger charge is 2.27. The van der Waals surface area contributed by atoms with E-state index in [2.05, 4.69) is 4.31 Å². The average Bonchev–Trinajstić information content (AvgIpc) is 2.59. The fourth-order valence-corrected chi connectivity index (χ4v) is 3.28. The third-order valence-electron chi connectivity index (χ3n) is 3.31. The molecule has 0 saturated heterocycles. The van der Waals surface area contributed by atoms with Crippen molar-refractivity contribution in [2.75, 3.05) is 13.2 Å². The van der Waals surface area contributed by atoms with Gasteiger partial charge in [-0.05, 0) is 60.4 Å². The number of aliphatic hydroxyl groups is 2. The molecule has 14 heteroatoms. The number of phenols is 2. The number of rotatable bonds is 8. The lowest BCUT2D eigenvalue weighted by atomic mass is 10.1. The lowest BCUT2D eigenvalue weighted by Gasteiger charge is -2.11. The molecule has 0 saturated carbocycles. The van der Waals surface area contributed by atoms with Crippen molar-refractivity contribution in [3.05, 3.63) is 47.5 Å². The van der Waals surface area contributed by atoms with Crippen molar-refractivity contribution >= 4 is 15.6 Å². The Labute approximate surface area is 171 Å². The van der Waals surface area contributed by atoms with Crippen LogP contribution in [-0.4, -0.2) is 53.2 Å². The molecule has 0 aromatic heterocycles. The van der Waals surface area contributed by atoms with E-state index in [0.717, 1.165) is 0 Å². The van der Waals surface area contributed by atoms with E-state index in [0.29, 0.717) is 35.5 Å². The van der Waals surface area contributed by atoms with Crippen molar-refractivity contribution in [3.63, 3.8) is 0 Å². The molecule has 0 aliphatic heterocycles. The highest BCUT2D eigenvalue weighted by molar-refractivity contribution is 7.60. The molecule has 0 spiro atoms. The molecule has 0 aliphatic rings. The van der Waals surface area contributed by atoms with Crippen molar-refractivity contribution < 1.29 is 58.2 Å². The lowest BCUT2D eigenvalue weighted by molar-refractivity contribution is 0.225. The number of phenolic OH excluding ortho intramolecular Hbond substituents is 2. The van der Waals surface area contributed by atoms with Crippen LogP contribution in [0.5, 0.6) is 23.0 Å². The van der Waals surface area contributed by atoms with Crippen LogP contribution in [0.15, 0.2) is 36.4 Å². The first-order valence-corrected chi connectivity index (χ1v) is 11.3. The van der Waals surface area contributed by atoms with Crippen LogP contribution in [0, 0.1) is 0 Å². The van der Waals surface area contributed by atoms with E-state index in [1.807, 2.05) is 0 Å². The zero-order valence-electron chi connectivity index (χ0n) is 15.4. The zero-order valence-corrected chi connectivity index (χ0v) is 17.2. The molecule has 30 heavy (non-hydrogen) atoms. The van der Waals surface area contributed by atoms with Gasteiger partial charge in [0.25, 0.3) is 0 Å². The molecule has 0 fully saturated rings. The Balaban J connectivity index is 0.000000424. The summed E-state index contributed by atoms with van der Waals surface area (Å²) in [6, 6.07) is 9.57. The normalized spacial score (nSPS) is 11.5. The standard InChI is InChI=1S/C16H18O5.H4O7P2/c17-7-5-11-9-13(1-3-15(11)19)21-14-2-4-16(20)12(10-14)6-8-18;1-8(2,3)7-9(4,5)6/h1-4,9-10,17-20H,5-8H2;(H2,1,2,3)(H2,4,5,6). The van der Waals surface area contributed by atoms with Crippen LogP contribution in [-0.2, 0) is 26.3 Å². The molecule has 2 rings (SSSR count). The van der Waals surface area contributed by atoms with Gasteiger partial charge in [-0.25, -0.2) is 9.13 Å². The highest BCUT2D eigenvalue weighted by atomic mass is 31.3. The SMILES string of the molecule is O=P(O)(O)OP(=O)(O)O.OCCc1cc(Oc2ccc(O)c(CCO)c2)ccc1O. The Bertz CT molecular complexity index is 847. The van der Waals surface area contributed by atoms with Gasteiger partial charge in [0, 0.05) is 13.2 Å². The summed E-state index contributed by atoms with van der Waals surface area (Å²) in [6.45, 7) is -0.117. The number of aliphatic hydroxyl groups excluding tert-OH is 2. The minimum absolute atomic E-state index is 0.0587. The molecule has 8 N–H and O–H groups in total. The minimum Gasteiger partial charge on any atom is -0.508 e. The molecule has 0 amide bonds. The summed E-state index contributed by atoms with van der Waals surface area (Å²) >= 11 is 0. The van der Waals surface area contributed by atoms with Gasteiger partial charge >= 0.3 is 15.6 Å². The minimum atomic E-state index is -5.05. The van der Waals surface area contributed by atoms with Crippen LogP contribution >= 0.6 is 15.6 Å². The van der Waals surface area contributed by atoms with E-state index < -0.39 is 15.6 Å². The van der Waals surface area contributed by atoms with E-state index in [-0.39, 0.29) is 24.7 Å². The van der Waals surface area contributed by atoms with Crippen LogP contribution in [0.25, 0.3) is 0 Å². The second-order valence-electron chi connectivity index (χ2n) is 5.69. The number of phosphoric acid groups is 2. The Morgan fingerprint density at radius 2 is 1.07 bits per heavy atom. The molecule has 0 atom stereocenters. The van der Waals surface area contributed by atoms with Gasteiger partial charge in [-0.1, -0.05) is 0 Å². The van der Waals surface area contributed by atoms with Crippen molar-refractivity contribution in [2.45, 2.75) is 12.8 Å². The van der Waals surface area contributed by atoms with E-state index in [4.69, 9.17) is 34.5 Å². The maximum absolute atomic E-state index is 9.66. The van der Waals surface area contributed by atoms with E-state index in [1.54, 1.807) is 24.3 Å². The molecule has 168 valence electrons. The zero-order chi connectivity index (χ0) is 22.9. The molecular weight excluding hydrogens is 446 g/mol. The summed E-state index contributed by atoms with van der Waals surface area (Å²) in [4.78, 5) is 31.0. The van der Waals surface area contributed by atoms with Gasteiger partial charge in [0.15, 0.2) is 0 Å². The van der Waals surface area contributed by atoms with Crippen LogP contribution < -0.4 is 4.74 Å². The third kappa shape index (κ3) is 10.2. The summed E-state index contributed by atoms with van der Waals surface area (Å²) < 4.78 is 27.9. The summed E-state index contributed by atoms with van der Waals surface area (Å²) in [5.41, 5.74) is 1.20. The predicted octanol–water partition coefficient (Wildman–Crippen LogP) is 1.15. The Morgan fingerprint density at radius 3 is 1.33 bits per heavy atom. The number of hydrogen-bond acceptors (Lipinski definition) is 8. The van der Waals surface area contributed by atoms with E-state index in [1.165, 1.54) is 12.1 Å². The first-order valence-electron chi connectivity index (χ1n) is 8.20. The topological polar surface area (TPSA) is 214 Å². The van der Waals surface area contributed by atoms with Gasteiger partial charge < -0.3 is 44.7 Å². The van der Waals surface area contributed by atoms with Crippen LogP contribution in [0.1, 0.15) is 11.1 Å². The highest BCUT2D eigenvalue weighted by Crippen LogP contribution is 2.53. The number of hydrogen-bond donors (Lipinski definition) is 8. The van der Waals surface area contributed by atoms with Crippen LogP contribution in [0.4, 0.5) is 0 Å². The average molecular weight is 468 g/mol. The van der Waals surface area contributed by atoms with Crippen LogP contribution in [0.2, 0.25) is 0 Å². The lowest BCUT2D eigenvalue weighted by Crippen LogP contribution is -1.94. The molecule has 0 bridgehead atoms. The quantitative estimate of drug-likeness (QED) is 0.256. The van der Waals surface area contributed by atoms with E-state index >= 15 is 0 Å². The van der Waals surface area contributed by atoms with Crippen molar-refractivity contribution in [2.24, 2.45) is 0 Å². The summed E-state index contributed by atoms with van der Waals surface area (Å²) in [7, 11) is -10.1. The number of ether oxygens (including phenoxy) is 1. The summed E-state index contributed by atoms with van der Waals surface area (Å²) in [5.74, 6) is 1.28. The van der Waals surface area contributed by atoms with Crippen molar-refractivity contribution in [3.8, 4) is 23.0 Å². The van der Waals surface area contributed by atoms with Crippen molar-refractivity contribution in [1.29, 1.82) is 0 Å². The maximum Gasteiger partial charge on any atom is 0.478 e. The Morgan fingerprint density at radius 1 is 0.700 bits per heavy atom. The fourth-order valence-electron chi connectivity index (χ4n) is 2.17. The second kappa shape index (κ2) is 11.4. The smallest absolute Gasteiger partial charge is 0.478 e. The van der Waals surface area contributed by atoms with Gasteiger partial charge in [-0.15, -0.1) is 0 Å². The molecular formula is C16H22O12P2. The second-order valence-corrected chi connectivity index (χ2v) is 8.31. The van der Waals surface area contributed by atoms with Gasteiger partial charge in [-0.3, -0.25) is 0 Å². The molecule has 0 unspecified atom stereocenters. The fraction of sp³-hybridized carbons (Fsp3) is 0.250. The first-order chi connectivity index (χ1) is 13.8. The maximum atomic E-state index is 9.66. The Kier molecular flexibility index (Phi) is 9.92. The summed E-state index contributed by atoms with van der Waals surface area (Å²) in [5, 5.41) is 37.2. The monoisotopic (exact) mass is 468 g/mol. The molecule has 2 aromatic rings. The van der Waals surface area contributed by atoms with E-state index in [9.17, 15) is 19.3 Å². The Hall–Kier alpha value is -1.98. The molecule has 2 aromatic carbocycles. The molecule has 0 aliphatic carbocycles. The number of benzene rings is 2. The molecule has 0 heterocycles. The van der Waals surface area contributed by atoms with Crippen LogP contribution in [0.3, 0.4) is 0 Å². The predicted molar refractivity (Wildman–Crippen MR) is 103 cm³/mol. The van der Waals surface area contributed by atoms with Gasteiger partial charge in [0.1, 0.15) is 23.0 Å². The molecule has 12 nitrogen and oxygen atoms in total. The summed E-state index contributed by atoms with van der Waals surface area (Å²) in [6.07, 6.45) is 0.683. The number of aromatic hydroxyl groups is 2. The van der Waals surface area contributed by atoms with Crippen molar-refractivity contribution in [1.82, 2.24) is 0 Å². The third-order valence-corrected chi connectivity index (χ3v) is 5.01. The molecule has 0 radical (unpaired) electrons. The first kappa shape index (κ1) is 26.1.